The molecule has 1 amide bonds. The molecule has 0 aliphatic rings. The van der Waals surface area contributed by atoms with E-state index >= 15 is 0 Å². The Kier molecular flexibility index (Phi) is 7.50. The zero-order valence-electron chi connectivity index (χ0n) is 16.6. The van der Waals surface area contributed by atoms with Crippen LogP contribution < -0.4 is 10.1 Å². The maximum atomic E-state index is 12.3. The number of hydrogen-bond acceptors (Lipinski definition) is 4. The van der Waals surface area contributed by atoms with E-state index in [0.29, 0.717) is 37.1 Å². The highest BCUT2D eigenvalue weighted by Crippen LogP contribution is 2.25. The van der Waals surface area contributed by atoms with Gasteiger partial charge < -0.3 is 19.4 Å². The Hall–Kier alpha value is -3.27. The molecule has 0 spiro atoms. The van der Waals surface area contributed by atoms with Gasteiger partial charge in [0.25, 0.3) is 5.91 Å². The molecule has 0 aliphatic carbocycles. The first-order valence-electron chi connectivity index (χ1n) is 9.48. The first kappa shape index (κ1) is 21.4. The van der Waals surface area contributed by atoms with Gasteiger partial charge in [-0.15, -0.1) is 0 Å². The van der Waals surface area contributed by atoms with Crippen molar-refractivity contribution in [2.75, 3.05) is 26.9 Å². The SMILES string of the molecule is COCCNC(=O)C(C#N)=Cc1cn(CCOc2ccccc2Cl)c2ccccc12. The topological polar surface area (TPSA) is 76.3 Å². The summed E-state index contributed by atoms with van der Waals surface area (Å²) in [6.45, 7) is 1.74. The second-order valence-electron chi connectivity index (χ2n) is 6.49. The minimum absolute atomic E-state index is 0.0429. The van der Waals surface area contributed by atoms with Crippen molar-refractivity contribution < 1.29 is 14.3 Å². The van der Waals surface area contributed by atoms with Gasteiger partial charge in [-0.25, -0.2) is 0 Å². The number of nitrogens with zero attached hydrogens (tertiary/aromatic N) is 2. The molecule has 0 saturated heterocycles. The van der Waals surface area contributed by atoms with Gasteiger partial charge >= 0.3 is 0 Å². The average molecular weight is 424 g/mol. The van der Waals surface area contributed by atoms with Crippen LogP contribution in [0.4, 0.5) is 0 Å². The number of rotatable bonds is 9. The number of carbonyl (C=O) groups excluding carboxylic acids is 1. The van der Waals surface area contributed by atoms with Gasteiger partial charge in [-0.1, -0.05) is 41.9 Å². The molecule has 1 N–H and O–H groups in total. The molecule has 0 aliphatic heterocycles. The van der Waals surface area contributed by atoms with E-state index in [1.165, 1.54) is 0 Å². The average Bonchev–Trinajstić information content (AvgIpc) is 3.11. The summed E-state index contributed by atoms with van der Waals surface area (Å²) in [5.74, 6) is 0.212. The summed E-state index contributed by atoms with van der Waals surface area (Å²) in [5, 5.41) is 13.6. The van der Waals surface area contributed by atoms with Crippen molar-refractivity contribution in [3.05, 3.63) is 70.9 Å². The van der Waals surface area contributed by atoms with Crippen molar-refractivity contribution in [1.82, 2.24) is 9.88 Å². The number of methoxy groups -OCH3 is 1. The molecule has 0 atom stereocenters. The Morgan fingerprint density at radius 3 is 2.73 bits per heavy atom. The lowest BCUT2D eigenvalue weighted by molar-refractivity contribution is -0.117. The van der Waals surface area contributed by atoms with Crippen LogP contribution in [0.25, 0.3) is 17.0 Å². The van der Waals surface area contributed by atoms with Crippen LogP contribution >= 0.6 is 11.6 Å². The quantitative estimate of drug-likeness (QED) is 0.320. The first-order valence-corrected chi connectivity index (χ1v) is 9.86. The first-order chi connectivity index (χ1) is 14.6. The molecule has 3 rings (SSSR count). The van der Waals surface area contributed by atoms with Crippen LogP contribution in [0.1, 0.15) is 5.56 Å². The van der Waals surface area contributed by atoms with Crippen LogP contribution in [0, 0.1) is 11.3 Å². The lowest BCUT2D eigenvalue weighted by Crippen LogP contribution is -2.27. The van der Waals surface area contributed by atoms with Crippen molar-refractivity contribution in [1.29, 1.82) is 5.26 Å². The molecule has 1 heterocycles. The smallest absolute Gasteiger partial charge is 0.262 e. The van der Waals surface area contributed by atoms with E-state index in [4.69, 9.17) is 21.1 Å². The predicted octanol–water partition coefficient (Wildman–Crippen LogP) is 4.04. The number of nitriles is 1. The van der Waals surface area contributed by atoms with E-state index in [0.717, 1.165) is 16.5 Å². The second kappa shape index (κ2) is 10.5. The van der Waals surface area contributed by atoms with E-state index in [1.54, 1.807) is 19.3 Å². The van der Waals surface area contributed by atoms with E-state index < -0.39 is 5.91 Å². The Morgan fingerprint density at radius 1 is 1.20 bits per heavy atom. The molecule has 3 aromatic rings. The monoisotopic (exact) mass is 423 g/mol. The molecule has 0 saturated carbocycles. The molecule has 0 fully saturated rings. The molecular formula is C23H22ClN3O3. The van der Waals surface area contributed by atoms with E-state index in [-0.39, 0.29) is 5.57 Å². The number of carbonyl (C=O) groups is 1. The van der Waals surface area contributed by atoms with E-state index in [9.17, 15) is 10.1 Å². The molecule has 0 radical (unpaired) electrons. The largest absolute Gasteiger partial charge is 0.490 e. The van der Waals surface area contributed by atoms with E-state index in [2.05, 4.69) is 5.32 Å². The van der Waals surface area contributed by atoms with Crippen LogP contribution in [0.2, 0.25) is 5.02 Å². The lowest BCUT2D eigenvalue weighted by atomic mass is 10.1. The zero-order chi connectivity index (χ0) is 21.3. The number of hydrogen-bond donors (Lipinski definition) is 1. The maximum Gasteiger partial charge on any atom is 0.262 e. The summed E-state index contributed by atoms with van der Waals surface area (Å²) in [5.41, 5.74) is 1.83. The van der Waals surface area contributed by atoms with Crippen LogP contribution in [-0.4, -0.2) is 37.3 Å². The summed E-state index contributed by atoms with van der Waals surface area (Å²) in [7, 11) is 1.55. The second-order valence-corrected chi connectivity index (χ2v) is 6.90. The van der Waals surface area contributed by atoms with Crippen molar-refractivity contribution in [2.24, 2.45) is 0 Å². The van der Waals surface area contributed by atoms with Gasteiger partial charge in [0.1, 0.15) is 24.0 Å². The summed E-state index contributed by atoms with van der Waals surface area (Å²) >= 11 is 6.14. The van der Waals surface area contributed by atoms with Crippen LogP contribution in [0.3, 0.4) is 0 Å². The number of amides is 1. The number of para-hydroxylation sites is 2. The number of benzene rings is 2. The Balaban J connectivity index is 1.80. The van der Waals surface area contributed by atoms with Crippen molar-refractivity contribution in [3.8, 4) is 11.8 Å². The molecule has 154 valence electrons. The van der Waals surface area contributed by atoms with Crippen molar-refractivity contribution >= 4 is 34.5 Å². The third-order valence-electron chi connectivity index (χ3n) is 4.50. The van der Waals surface area contributed by atoms with Gasteiger partial charge in [-0.3, -0.25) is 4.79 Å². The number of fused-ring (bicyclic) bond motifs is 1. The molecule has 2 aromatic carbocycles. The molecular weight excluding hydrogens is 402 g/mol. The van der Waals surface area contributed by atoms with Gasteiger partial charge in [0, 0.05) is 36.3 Å². The van der Waals surface area contributed by atoms with Crippen LogP contribution in [-0.2, 0) is 16.1 Å². The highest BCUT2D eigenvalue weighted by Gasteiger charge is 2.12. The van der Waals surface area contributed by atoms with Gasteiger partial charge in [-0.05, 0) is 24.3 Å². The molecule has 6 nitrogen and oxygen atoms in total. The Labute approximate surface area is 180 Å². The molecule has 1 aromatic heterocycles. The highest BCUT2D eigenvalue weighted by atomic mass is 35.5. The number of ether oxygens (including phenoxy) is 2. The third kappa shape index (κ3) is 5.20. The third-order valence-corrected chi connectivity index (χ3v) is 4.81. The minimum atomic E-state index is -0.423. The Bertz CT molecular complexity index is 1100. The molecule has 0 bridgehead atoms. The molecule has 0 unspecified atom stereocenters. The van der Waals surface area contributed by atoms with E-state index in [1.807, 2.05) is 59.3 Å². The fourth-order valence-electron chi connectivity index (χ4n) is 3.06. The summed E-state index contributed by atoms with van der Waals surface area (Å²) in [6, 6.07) is 17.1. The maximum absolute atomic E-state index is 12.3. The number of aromatic nitrogens is 1. The standard InChI is InChI=1S/C23H22ClN3O3/c1-29-12-10-26-23(28)17(15-25)14-18-16-27(21-8-4-2-6-19(18)21)11-13-30-22-9-5-3-7-20(22)24/h2-9,14,16H,10-13H2,1H3,(H,26,28). The fraction of sp³-hybridized carbons (Fsp3) is 0.217. The van der Waals surface area contributed by atoms with Gasteiger partial charge in [-0.2, -0.15) is 5.26 Å². The van der Waals surface area contributed by atoms with Gasteiger partial charge in [0.05, 0.1) is 18.2 Å². The van der Waals surface area contributed by atoms with Crippen molar-refractivity contribution in [2.45, 2.75) is 6.54 Å². The highest BCUT2D eigenvalue weighted by molar-refractivity contribution is 6.32. The number of nitrogens with one attached hydrogen (secondary N) is 1. The summed E-state index contributed by atoms with van der Waals surface area (Å²) in [6.07, 6.45) is 3.52. The van der Waals surface area contributed by atoms with Gasteiger partial charge in [0.15, 0.2) is 0 Å². The van der Waals surface area contributed by atoms with Crippen molar-refractivity contribution in [3.63, 3.8) is 0 Å². The lowest BCUT2D eigenvalue weighted by Gasteiger charge is -2.09. The molecule has 7 heteroatoms. The predicted molar refractivity (Wildman–Crippen MR) is 117 cm³/mol. The van der Waals surface area contributed by atoms with Gasteiger partial charge in [0.2, 0.25) is 0 Å². The molecule has 30 heavy (non-hydrogen) atoms. The zero-order valence-corrected chi connectivity index (χ0v) is 17.4. The summed E-state index contributed by atoms with van der Waals surface area (Å²) < 4.78 is 12.8. The summed E-state index contributed by atoms with van der Waals surface area (Å²) in [4.78, 5) is 12.3. The fourth-order valence-corrected chi connectivity index (χ4v) is 3.25. The minimum Gasteiger partial charge on any atom is -0.490 e. The number of halogens is 1. The normalized spacial score (nSPS) is 11.3. The van der Waals surface area contributed by atoms with Crippen LogP contribution in [0.15, 0.2) is 60.3 Å². The Morgan fingerprint density at radius 2 is 1.97 bits per heavy atom. The van der Waals surface area contributed by atoms with Crippen LogP contribution in [0.5, 0.6) is 5.75 Å².